The smallest absolute Gasteiger partial charge is 0.0705 e. The number of hydrogen-bond donors (Lipinski definition) is 1. The second-order valence-corrected chi connectivity index (χ2v) is 5.93. The van der Waals surface area contributed by atoms with E-state index in [9.17, 15) is 0 Å². The van der Waals surface area contributed by atoms with Crippen LogP contribution in [0.25, 0.3) is 10.9 Å². The lowest BCUT2D eigenvalue weighted by molar-refractivity contribution is -0.0102. The van der Waals surface area contributed by atoms with E-state index in [4.69, 9.17) is 10.5 Å². The number of hydrogen-bond acceptors (Lipinski definition) is 3. The van der Waals surface area contributed by atoms with E-state index in [2.05, 4.69) is 17.1 Å². The molecule has 1 aromatic heterocycles. The number of nitrogens with zero attached hydrogens (tertiary/aromatic N) is 1. The fraction of sp³-hybridized carbons (Fsp3) is 0.438. The summed E-state index contributed by atoms with van der Waals surface area (Å²) in [5.41, 5.74) is 9.14. The number of pyridine rings is 1. The Balaban J connectivity index is 2.18. The molecule has 1 aromatic carbocycles. The Morgan fingerprint density at radius 2 is 1.95 bits per heavy atom. The predicted molar refractivity (Wildman–Crippen MR) is 79.1 cm³/mol. The van der Waals surface area contributed by atoms with Crippen LogP contribution < -0.4 is 5.73 Å². The molecule has 1 atom stereocenters. The van der Waals surface area contributed by atoms with Gasteiger partial charge in [-0.05, 0) is 51.5 Å². The highest BCUT2D eigenvalue weighted by Crippen LogP contribution is 2.20. The van der Waals surface area contributed by atoms with Crippen molar-refractivity contribution in [3.63, 3.8) is 0 Å². The van der Waals surface area contributed by atoms with Crippen LogP contribution in [0.2, 0.25) is 0 Å². The van der Waals surface area contributed by atoms with Gasteiger partial charge in [-0.15, -0.1) is 0 Å². The van der Waals surface area contributed by atoms with Crippen molar-refractivity contribution in [3.05, 3.63) is 41.6 Å². The van der Waals surface area contributed by atoms with Gasteiger partial charge in [0.25, 0.3) is 0 Å². The summed E-state index contributed by atoms with van der Waals surface area (Å²) in [7, 11) is 0. The number of fused-ring (bicyclic) bond motifs is 1. The van der Waals surface area contributed by atoms with E-state index >= 15 is 0 Å². The quantitative estimate of drug-likeness (QED) is 0.918. The molecule has 19 heavy (non-hydrogen) atoms. The molecule has 0 spiro atoms. The second kappa shape index (κ2) is 5.27. The minimum Gasteiger partial charge on any atom is -0.374 e. The molecule has 2 N–H and O–H groups in total. The highest BCUT2D eigenvalue weighted by Gasteiger charge is 2.14. The normalized spacial score (nSPS) is 13.7. The van der Waals surface area contributed by atoms with Crippen molar-refractivity contribution < 1.29 is 4.74 Å². The van der Waals surface area contributed by atoms with E-state index in [1.54, 1.807) is 0 Å². The molecule has 0 saturated carbocycles. The van der Waals surface area contributed by atoms with Gasteiger partial charge in [-0.25, -0.2) is 0 Å². The summed E-state index contributed by atoms with van der Waals surface area (Å²) in [4.78, 5) is 4.49. The summed E-state index contributed by atoms with van der Waals surface area (Å²) in [6.07, 6.45) is 0. The zero-order chi connectivity index (χ0) is 14.0. The number of aromatic nitrogens is 1. The molecule has 3 nitrogen and oxygen atoms in total. The van der Waals surface area contributed by atoms with Gasteiger partial charge in [0.15, 0.2) is 0 Å². The molecule has 1 unspecified atom stereocenters. The maximum absolute atomic E-state index is 6.18. The van der Waals surface area contributed by atoms with Crippen LogP contribution in [0.1, 0.15) is 38.1 Å². The van der Waals surface area contributed by atoms with Gasteiger partial charge in [-0.3, -0.25) is 4.98 Å². The molecule has 0 aliphatic rings. The molecule has 0 aliphatic heterocycles. The molecule has 1 heterocycles. The van der Waals surface area contributed by atoms with Crippen LogP contribution in [0.4, 0.5) is 0 Å². The van der Waals surface area contributed by atoms with E-state index in [-0.39, 0.29) is 11.6 Å². The van der Waals surface area contributed by atoms with Gasteiger partial charge in [0.05, 0.1) is 23.8 Å². The van der Waals surface area contributed by atoms with Crippen LogP contribution in [-0.2, 0) is 4.74 Å². The van der Waals surface area contributed by atoms with Gasteiger partial charge >= 0.3 is 0 Å². The first-order valence-electron chi connectivity index (χ1n) is 6.62. The summed E-state index contributed by atoms with van der Waals surface area (Å²) in [5, 5.41) is 1.12. The van der Waals surface area contributed by atoms with Gasteiger partial charge in [0, 0.05) is 11.1 Å². The number of ether oxygens (including phenoxy) is 1. The van der Waals surface area contributed by atoms with E-state index in [0.29, 0.717) is 6.61 Å². The number of nitrogens with two attached hydrogens (primary N) is 1. The first-order valence-corrected chi connectivity index (χ1v) is 6.62. The van der Waals surface area contributed by atoms with Crippen molar-refractivity contribution in [1.29, 1.82) is 0 Å². The van der Waals surface area contributed by atoms with Crippen LogP contribution >= 0.6 is 0 Å². The van der Waals surface area contributed by atoms with Crippen LogP contribution in [0.15, 0.2) is 30.3 Å². The maximum Gasteiger partial charge on any atom is 0.0705 e. The molecule has 0 aliphatic carbocycles. The number of aryl methyl sites for hydroxylation is 1. The Morgan fingerprint density at radius 3 is 2.63 bits per heavy atom. The van der Waals surface area contributed by atoms with Crippen LogP contribution in [0, 0.1) is 6.92 Å². The predicted octanol–water partition coefficient (Wildman–Crippen LogP) is 3.36. The summed E-state index contributed by atoms with van der Waals surface area (Å²) < 4.78 is 5.74. The fourth-order valence-corrected chi connectivity index (χ4v) is 1.91. The first-order chi connectivity index (χ1) is 8.85. The molecule has 102 valence electrons. The Bertz CT molecular complexity index is 572. The molecule has 0 radical (unpaired) electrons. The van der Waals surface area contributed by atoms with Crippen molar-refractivity contribution >= 4 is 10.9 Å². The van der Waals surface area contributed by atoms with Crippen LogP contribution in [0.5, 0.6) is 0 Å². The summed E-state index contributed by atoms with van der Waals surface area (Å²) in [6.45, 7) is 8.62. The average Bonchev–Trinajstić information content (AvgIpc) is 2.34. The van der Waals surface area contributed by atoms with E-state index < -0.39 is 0 Å². The zero-order valence-corrected chi connectivity index (χ0v) is 12.1. The molecule has 0 amide bonds. The average molecular weight is 258 g/mol. The topological polar surface area (TPSA) is 48.1 Å². The lowest BCUT2D eigenvalue weighted by atomic mass is 10.0. The van der Waals surface area contributed by atoms with E-state index in [1.165, 1.54) is 0 Å². The zero-order valence-electron chi connectivity index (χ0n) is 12.1. The molecule has 0 bridgehead atoms. The molecule has 2 aromatic rings. The highest BCUT2D eigenvalue weighted by atomic mass is 16.5. The SMILES string of the molecule is Cc1ccc2cc(C(N)COC(C)(C)C)ccc2n1. The second-order valence-electron chi connectivity index (χ2n) is 5.93. The van der Waals surface area contributed by atoms with E-state index in [0.717, 1.165) is 22.2 Å². The Hall–Kier alpha value is -1.45. The summed E-state index contributed by atoms with van der Waals surface area (Å²) >= 11 is 0. The van der Waals surface area contributed by atoms with Crippen molar-refractivity contribution in [1.82, 2.24) is 4.98 Å². The minimum absolute atomic E-state index is 0.107. The maximum atomic E-state index is 6.18. The van der Waals surface area contributed by atoms with E-state index in [1.807, 2.05) is 45.9 Å². The monoisotopic (exact) mass is 258 g/mol. The van der Waals surface area contributed by atoms with Crippen molar-refractivity contribution in [3.8, 4) is 0 Å². The molecule has 0 saturated heterocycles. The molecular formula is C16H22N2O. The Kier molecular flexibility index (Phi) is 3.88. The standard InChI is InChI=1S/C16H22N2O/c1-11-5-6-13-9-12(7-8-15(13)18-11)14(17)10-19-16(2,3)4/h5-9,14H,10,17H2,1-4H3. The van der Waals surface area contributed by atoms with Gasteiger partial charge in [-0.2, -0.15) is 0 Å². The van der Waals surface area contributed by atoms with Crippen molar-refractivity contribution in [2.24, 2.45) is 5.73 Å². The molecule has 2 rings (SSSR count). The van der Waals surface area contributed by atoms with Crippen molar-refractivity contribution in [2.45, 2.75) is 39.3 Å². The van der Waals surface area contributed by atoms with Crippen LogP contribution in [0.3, 0.4) is 0 Å². The van der Waals surface area contributed by atoms with Gasteiger partial charge in [-0.1, -0.05) is 12.1 Å². The Morgan fingerprint density at radius 1 is 1.21 bits per heavy atom. The van der Waals surface area contributed by atoms with Gasteiger partial charge < -0.3 is 10.5 Å². The summed E-state index contributed by atoms with van der Waals surface area (Å²) in [6, 6.07) is 10.1. The third-order valence-electron chi connectivity index (χ3n) is 2.98. The third kappa shape index (κ3) is 3.75. The fourth-order valence-electron chi connectivity index (χ4n) is 1.91. The van der Waals surface area contributed by atoms with Gasteiger partial charge in [0.1, 0.15) is 0 Å². The molecule has 3 heteroatoms. The number of rotatable bonds is 3. The molecular weight excluding hydrogens is 236 g/mol. The lowest BCUT2D eigenvalue weighted by Crippen LogP contribution is -2.26. The molecule has 0 fully saturated rings. The van der Waals surface area contributed by atoms with Gasteiger partial charge in [0.2, 0.25) is 0 Å². The lowest BCUT2D eigenvalue weighted by Gasteiger charge is -2.22. The number of benzene rings is 1. The third-order valence-corrected chi connectivity index (χ3v) is 2.98. The largest absolute Gasteiger partial charge is 0.374 e. The summed E-state index contributed by atoms with van der Waals surface area (Å²) in [5.74, 6) is 0. The van der Waals surface area contributed by atoms with Crippen LogP contribution in [-0.4, -0.2) is 17.2 Å². The van der Waals surface area contributed by atoms with Crippen molar-refractivity contribution in [2.75, 3.05) is 6.61 Å². The minimum atomic E-state index is -0.160. The highest BCUT2D eigenvalue weighted by molar-refractivity contribution is 5.79. The first kappa shape index (κ1) is 14.0. The Labute approximate surface area is 114 Å².